The Morgan fingerprint density at radius 2 is 1.54 bits per heavy atom. The number of alkyl halides is 2. The maximum absolute atomic E-state index is 13.1. The second-order valence-corrected chi connectivity index (χ2v) is 9.06. The SMILES string of the molecule is CC(C)CC(CNC(=O)C(CC(F)F)NC(=O)OCC1c2ccccc2-c2ccccc21)C(=O)O. The number of alkyl carbamates (subject to hydrolysis) is 1. The van der Waals surface area contributed by atoms with Gasteiger partial charge in [0, 0.05) is 18.9 Å². The zero-order valence-electron chi connectivity index (χ0n) is 19.7. The van der Waals surface area contributed by atoms with E-state index in [1.165, 1.54) is 0 Å². The number of ether oxygens (including phenoxy) is 1. The van der Waals surface area contributed by atoms with Crippen molar-refractivity contribution in [3.8, 4) is 11.1 Å². The van der Waals surface area contributed by atoms with Crippen molar-refractivity contribution in [3.05, 3.63) is 59.7 Å². The molecule has 2 atom stereocenters. The molecule has 0 saturated carbocycles. The second-order valence-electron chi connectivity index (χ2n) is 9.06. The minimum atomic E-state index is -2.86. The minimum absolute atomic E-state index is 0.0294. The lowest BCUT2D eigenvalue weighted by molar-refractivity contribution is -0.142. The van der Waals surface area contributed by atoms with Gasteiger partial charge < -0.3 is 20.5 Å². The number of carboxylic acids is 1. The molecule has 3 N–H and O–H groups in total. The first-order chi connectivity index (χ1) is 16.7. The number of halogens is 2. The van der Waals surface area contributed by atoms with Crippen LogP contribution in [0.5, 0.6) is 0 Å². The predicted molar refractivity (Wildman–Crippen MR) is 126 cm³/mol. The lowest BCUT2D eigenvalue weighted by Gasteiger charge is -2.21. The fraction of sp³-hybridized carbons (Fsp3) is 0.423. The summed E-state index contributed by atoms with van der Waals surface area (Å²) in [6.07, 6.45) is -4.46. The Hall–Kier alpha value is -3.49. The maximum atomic E-state index is 13.1. The van der Waals surface area contributed by atoms with E-state index in [2.05, 4.69) is 10.6 Å². The van der Waals surface area contributed by atoms with Crippen LogP contribution in [0.1, 0.15) is 43.7 Å². The highest BCUT2D eigenvalue weighted by molar-refractivity contribution is 5.86. The molecule has 2 aromatic rings. The van der Waals surface area contributed by atoms with Crippen molar-refractivity contribution in [2.75, 3.05) is 13.2 Å². The van der Waals surface area contributed by atoms with Crippen molar-refractivity contribution in [2.24, 2.45) is 11.8 Å². The van der Waals surface area contributed by atoms with E-state index >= 15 is 0 Å². The maximum Gasteiger partial charge on any atom is 0.407 e. The second kappa shape index (κ2) is 11.8. The molecule has 0 fully saturated rings. The van der Waals surface area contributed by atoms with E-state index in [1.807, 2.05) is 62.4 Å². The third-order valence-corrected chi connectivity index (χ3v) is 5.99. The Labute approximate surface area is 202 Å². The molecule has 0 radical (unpaired) electrons. The molecule has 7 nitrogen and oxygen atoms in total. The number of amides is 2. The Kier molecular flexibility index (Phi) is 8.78. The fourth-order valence-corrected chi connectivity index (χ4v) is 4.38. The molecule has 2 aromatic carbocycles. The largest absolute Gasteiger partial charge is 0.481 e. The molecule has 3 rings (SSSR count). The summed E-state index contributed by atoms with van der Waals surface area (Å²) in [5.74, 6) is -2.98. The quantitative estimate of drug-likeness (QED) is 0.435. The molecule has 35 heavy (non-hydrogen) atoms. The molecule has 0 aromatic heterocycles. The fourth-order valence-electron chi connectivity index (χ4n) is 4.38. The van der Waals surface area contributed by atoms with E-state index in [9.17, 15) is 28.3 Å². The van der Waals surface area contributed by atoms with E-state index in [1.54, 1.807) is 0 Å². The van der Waals surface area contributed by atoms with Gasteiger partial charge in [0.25, 0.3) is 0 Å². The minimum Gasteiger partial charge on any atom is -0.481 e. The molecular formula is C26H30F2N2O5. The number of hydrogen-bond acceptors (Lipinski definition) is 4. The number of fused-ring (bicyclic) bond motifs is 3. The Morgan fingerprint density at radius 1 is 0.971 bits per heavy atom. The van der Waals surface area contributed by atoms with Crippen LogP contribution in [-0.2, 0) is 14.3 Å². The van der Waals surface area contributed by atoms with E-state index in [0.29, 0.717) is 6.42 Å². The van der Waals surface area contributed by atoms with Crippen molar-refractivity contribution < 1.29 is 33.0 Å². The van der Waals surface area contributed by atoms with Crippen LogP contribution in [0.25, 0.3) is 11.1 Å². The van der Waals surface area contributed by atoms with Gasteiger partial charge in [-0.15, -0.1) is 0 Å². The van der Waals surface area contributed by atoms with Crippen molar-refractivity contribution in [3.63, 3.8) is 0 Å². The first-order valence-corrected chi connectivity index (χ1v) is 11.6. The number of carbonyl (C=O) groups excluding carboxylic acids is 2. The summed E-state index contributed by atoms with van der Waals surface area (Å²) in [6.45, 7) is 3.43. The lowest BCUT2D eigenvalue weighted by Crippen LogP contribution is -2.49. The first kappa shape index (κ1) is 26.1. The molecule has 0 spiro atoms. The highest BCUT2D eigenvalue weighted by Crippen LogP contribution is 2.44. The third kappa shape index (κ3) is 6.77. The summed E-state index contributed by atoms with van der Waals surface area (Å²) >= 11 is 0. The third-order valence-electron chi connectivity index (χ3n) is 5.99. The average molecular weight is 489 g/mol. The van der Waals surface area contributed by atoms with Crippen LogP contribution in [-0.4, -0.2) is 48.7 Å². The van der Waals surface area contributed by atoms with Gasteiger partial charge in [-0.2, -0.15) is 0 Å². The molecule has 0 saturated heterocycles. The first-order valence-electron chi connectivity index (χ1n) is 11.6. The van der Waals surface area contributed by atoms with E-state index < -0.39 is 42.8 Å². The molecule has 9 heteroatoms. The topological polar surface area (TPSA) is 105 Å². The van der Waals surface area contributed by atoms with Gasteiger partial charge in [0.1, 0.15) is 12.6 Å². The Morgan fingerprint density at radius 3 is 2.06 bits per heavy atom. The molecule has 1 aliphatic rings. The monoisotopic (exact) mass is 488 g/mol. The average Bonchev–Trinajstić information content (AvgIpc) is 3.13. The number of carboxylic acid groups (broad SMARTS) is 1. The number of nitrogens with one attached hydrogen (secondary N) is 2. The number of rotatable bonds is 11. The lowest BCUT2D eigenvalue weighted by atomic mass is 9.97. The molecule has 2 amide bonds. The van der Waals surface area contributed by atoms with Gasteiger partial charge in [-0.05, 0) is 34.6 Å². The van der Waals surface area contributed by atoms with Gasteiger partial charge >= 0.3 is 12.1 Å². The summed E-state index contributed by atoms with van der Waals surface area (Å²) in [5, 5.41) is 13.9. The Balaban J connectivity index is 1.62. The van der Waals surface area contributed by atoms with Gasteiger partial charge in [0.15, 0.2) is 0 Å². The van der Waals surface area contributed by atoms with Crippen LogP contribution < -0.4 is 10.6 Å². The molecule has 0 heterocycles. The van der Waals surface area contributed by atoms with Gasteiger partial charge in [0.05, 0.1) is 5.92 Å². The number of benzene rings is 2. The summed E-state index contributed by atoms with van der Waals surface area (Å²) < 4.78 is 31.5. The summed E-state index contributed by atoms with van der Waals surface area (Å²) in [5.41, 5.74) is 4.07. The molecule has 0 bridgehead atoms. The summed E-state index contributed by atoms with van der Waals surface area (Å²) in [6, 6.07) is 14.0. The van der Waals surface area contributed by atoms with Gasteiger partial charge in [0.2, 0.25) is 12.3 Å². The van der Waals surface area contributed by atoms with Crippen LogP contribution in [0.2, 0.25) is 0 Å². The van der Waals surface area contributed by atoms with E-state index in [0.717, 1.165) is 22.3 Å². The van der Waals surface area contributed by atoms with Crippen molar-refractivity contribution >= 4 is 18.0 Å². The molecule has 188 valence electrons. The van der Waals surface area contributed by atoms with Gasteiger partial charge in [-0.25, -0.2) is 13.6 Å². The van der Waals surface area contributed by atoms with Crippen LogP contribution in [0, 0.1) is 11.8 Å². The van der Waals surface area contributed by atoms with Crippen LogP contribution in [0.15, 0.2) is 48.5 Å². The number of hydrogen-bond donors (Lipinski definition) is 3. The van der Waals surface area contributed by atoms with Gasteiger partial charge in [-0.3, -0.25) is 9.59 Å². The van der Waals surface area contributed by atoms with E-state index in [-0.39, 0.29) is 25.0 Å². The molecule has 2 unspecified atom stereocenters. The van der Waals surface area contributed by atoms with Gasteiger partial charge in [-0.1, -0.05) is 62.4 Å². The number of carbonyl (C=O) groups is 3. The van der Waals surface area contributed by atoms with Crippen molar-refractivity contribution in [2.45, 2.75) is 45.1 Å². The summed E-state index contributed by atoms with van der Waals surface area (Å²) in [7, 11) is 0. The van der Waals surface area contributed by atoms with Crippen LogP contribution in [0.3, 0.4) is 0 Å². The van der Waals surface area contributed by atoms with Crippen LogP contribution >= 0.6 is 0 Å². The summed E-state index contributed by atoms with van der Waals surface area (Å²) in [4.78, 5) is 36.4. The standard InChI is InChI=1S/C26H30F2N2O5/c1-15(2)11-16(25(32)33)13-29-24(31)22(12-23(27)28)30-26(34)35-14-21-19-9-5-3-7-17(19)18-8-4-6-10-20(18)21/h3-10,15-16,21-23H,11-14H2,1-2H3,(H,29,31)(H,30,34)(H,32,33). The van der Waals surface area contributed by atoms with Crippen molar-refractivity contribution in [1.82, 2.24) is 10.6 Å². The normalized spacial score (nSPS) is 14.2. The highest BCUT2D eigenvalue weighted by atomic mass is 19.3. The highest BCUT2D eigenvalue weighted by Gasteiger charge is 2.31. The van der Waals surface area contributed by atoms with Crippen LogP contribution in [0.4, 0.5) is 13.6 Å². The smallest absolute Gasteiger partial charge is 0.407 e. The molecular weight excluding hydrogens is 458 g/mol. The molecule has 0 aliphatic heterocycles. The zero-order valence-corrected chi connectivity index (χ0v) is 19.7. The zero-order chi connectivity index (χ0) is 25.5. The Bertz CT molecular complexity index is 1010. The number of aliphatic carboxylic acids is 1. The van der Waals surface area contributed by atoms with E-state index in [4.69, 9.17) is 4.74 Å². The van der Waals surface area contributed by atoms with Crippen molar-refractivity contribution in [1.29, 1.82) is 0 Å². The molecule has 1 aliphatic carbocycles. The predicted octanol–water partition coefficient (Wildman–Crippen LogP) is 4.41.